The van der Waals surface area contributed by atoms with E-state index in [2.05, 4.69) is 72.5 Å². The molecule has 1 aliphatic rings. The molecule has 24 heavy (non-hydrogen) atoms. The predicted octanol–water partition coefficient (Wildman–Crippen LogP) is 5.23. The van der Waals surface area contributed by atoms with Crippen LogP contribution in [-0.2, 0) is 4.74 Å². The van der Waals surface area contributed by atoms with E-state index < -0.39 is 0 Å². The Morgan fingerprint density at radius 1 is 0.833 bits per heavy atom. The second-order valence-corrected chi connectivity index (χ2v) is 7.35. The average molecular weight is 335 g/mol. The van der Waals surface area contributed by atoms with E-state index >= 15 is 0 Å². The highest BCUT2D eigenvalue weighted by Gasteiger charge is 2.18. The summed E-state index contributed by atoms with van der Waals surface area (Å²) in [6, 6.07) is 21.8. The number of ether oxygens (including phenoxy) is 1. The second-order valence-electron chi connectivity index (χ2n) is 6.12. The van der Waals surface area contributed by atoms with Gasteiger partial charge in [0, 0.05) is 23.5 Å². The van der Waals surface area contributed by atoms with Crippen molar-refractivity contribution in [3.63, 3.8) is 0 Å². The molecule has 1 aromatic heterocycles. The minimum atomic E-state index is 0.823. The zero-order valence-electron chi connectivity index (χ0n) is 13.9. The molecule has 1 saturated heterocycles. The van der Waals surface area contributed by atoms with Gasteiger partial charge in [0.25, 0.3) is 0 Å². The summed E-state index contributed by atoms with van der Waals surface area (Å²) in [6.07, 6.45) is 0. The zero-order chi connectivity index (χ0) is 16.4. The van der Waals surface area contributed by atoms with Crippen molar-refractivity contribution in [3.8, 4) is 22.3 Å². The Morgan fingerprint density at radius 3 is 2.17 bits per heavy atom. The zero-order valence-corrected chi connectivity index (χ0v) is 14.7. The molecule has 0 amide bonds. The quantitative estimate of drug-likeness (QED) is 0.650. The van der Waals surface area contributed by atoms with Crippen molar-refractivity contribution in [3.05, 3.63) is 65.5 Å². The molecule has 1 fully saturated rings. The molecule has 2 nitrogen and oxygen atoms in total. The first-order valence-corrected chi connectivity index (χ1v) is 9.22. The van der Waals surface area contributed by atoms with Gasteiger partial charge in [0.1, 0.15) is 0 Å². The SMILES string of the molecule is Cc1cc(-c2ccc(-c3ccccc3)cc2)c(N2CCOCC2)s1. The number of hydrogen-bond donors (Lipinski definition) is 0. The van der Waals surface area contributed by atoms with Crippen LogP contribution in [-0.4, -0.2) is 26.3 Å². The van der Waals surface area contributed by atoms with Gasteiger partial charge >= 0.3 is 0 Å². The van der Waals surface area contributed by atoms with Gasteiger partial charge in [0.15, 0.2) is 0 Å². The number of nitrogens with zero attached hydrogens (tertiary/aromatic N) is 1. The Bertz CT molecular complexity index is 802. The fourth-order valence-corrected chi connectivity index (χ4v) is 4.26. The molecule has 1 aliphatic heterocycles. The van der Waals surface area contributed by atoms with Crippen molar-refractivity contribution in [1.29, 1.82) is 0 Å². The molecule has 0 spiro atoms. The van der Waals surface area contributed by atoms with Gasteiger partial charge in [-0.05, 0) is 29.7 Å². The Morgan fingerprint density at radius 2 is 1.46 bits per heavy atom. The van der Waals surface area contributed by atoms with E-state index in [4.69, 9.17) is 4.74 Å². The number of anilines is 1. The van der Waals surface area contributed by atoms with Gasteiger partial charge in [-0.1, -0.05) is 54.6 Å². The minimum absolute atomic E-state index is 0.823. The van der Waals surface area contributed by atoms with Crippen LogP contribution in [0.3, 0.4) is 0 Å². The number of morpholine rings is 1. The topological polar surface area (TPSA) is 12.5 Å². The van der Waals surface area contributed by atoms with Crippen LogP contribution in [0.4, 0.5) is 5.00 Å². The maximum atomic E-state index is 5.50. The van der Waals surface area contributed by atoms with Gasteiger partial charge in [0.05, 0.1) is 18.2 Å². The summed E-state index contributed by atoms with van der Waals surface area (Å²) < 4.78 is 5.50. The molecule has 0 bridgehead atoms. The highest BCUT2D eigenvalue weighted by Crippen LogP contribution is 2.39. The summed E-state index contributed by atoms with van der Waals surface area (Å²) in [7, 11) is 0. The summed E-state index contributed by atoms with van der Waals surface area (Å²) in [5.41, 5.74) is 5.16. The van der Waals surface area contributed by atoms with Crippen LogP contribution in [0.2, 0.25) is 0 Å². The minimum Gasteiger partial charge on any atom is -0.378 e. The lowest BCUT2D eigenvalue weighted by atomic mass is 10.0. The smallest absolute Gasteiger partial charge is 0.0992 e. The van der Waals surface area contributed by atoms with Crippen molar-refractivity contribution in [2.75, 3.05) is 31.2 Å². The monoisotopic (exact) mass is 335 g/mol. The van der Waals surface area contributed by atoms with Crippen LogP contribution in [0, 0.1) is 6.92 Å². The number of hydrogen-bond acceptors (Lipinski definition) is 3. The van der Waals surface area contributed by atoms with E-state index in [0.29, 0.717) is 0 Å². The molecule has 2 heterocycles. The molecule has 3 aromatic rings. The summed E-state index contributed by atoms with van der Waals surface area (Å²) in [4.78, 5) is 3.82. The Kier molecular flexibility index (Phi) is 4.37. The van der Waals surface area contributed by atoms with Crippen molar-refractivity contribution in [2.45, 2.75) is 6.92 Å². The lowest BCUT2D eigenvalue weighted by molar-refractivity contribution is 0.123. The van der Waals surface area contributed by atoms with E-state index in [1.165, 1.54) is 32.1 Å². The van der Waals surface area contributed by atoms with Gasteiger partial charge in [-0.3, -0.25) is 0 Å². The summed E-state index contributed by atoms with van der Waals surface area (Å²) in [5, 5.41) is 1.38. The third-order valence-corrected chi connectivity index (χ3v) is 5.55. The molecule has 0 radical (unpaired) electrons. The fourth-order valence-electron chi connectivity index (χ4n) is 3.18. The summed E-state index contributed by atoms with van der Waals surface area (Å²) in [6.45, 7) is 5.80. The Balaban J connectivity index is 1.66. The number of benzene rings is 2. The van der Waals surface area contributed by atoms with E-state index in [9.17, 15) is 0 Å². The molecule has 0 aliphatic carbocycles. The van der Waals surface area contributed by atoms with E-state index in [-0.39, 0.29) is 0 Å². The first-order valence-electron chi connectivity index (χ1n) is 8.40. The van der Waals surface area contributed by atoms with Crippen molar-refractivity contribution in [1.82, 2.24) is 0 Å². The van der Waals surface area contributed by atoms with Crippen LogP contribution in [0.5, 0.6) is 0 Å². The first kappa shape index (κ1) is 15.4. The number of thiophene rings is 1. The summed E-state index contributed by atoms with van der Waals surface area (Å²) >= 11 is 1.89. The molecule has 0 atom stereocenters. The largest absolute Gasteiger partial charge is 0.378 e. The molecule has 3 heteroatoms. The van der Waals surface area contributed by atoms with Gasteiger partial charge < -0.3 is 9.64 Å². The lowest BCUT2D eigenvalue weighted by Gasteiger charge is -2.28. The maximum Gasteiger partial charge on any atom is 0.0992 e. The molecule has 0 N–H and O–H groups in total. The second kappa shape index (κ2) is 6.80. The molecule has 0 saturated carbocycles. The van der Waals surface area contributed by atoms with Crippen LogP contribution >= 0.6 is 11.3 Å². The molecular weight excluding hydrogens is 314 g/mol. The van der Waals surface area contributed by atoms with Gasteiger partial charge in [-0.2, -0.15) is 0 Å². The lowest BCUT2D eigenvalue weighted by Crippen LogP contribution is -2.35. The first-order chi connectivity index (χ1) is 11.8. The third-order valence-electron chi connectivity index (χ3n) is 4.44. The number of rotatable bonds is 3. The highest BCUT2D eigenvalue weighted by atomic mass is 32.1. The average Bonchev–Trinajstić information content (AvgIpc) is 3.05. The third kappa shape index (κ3) is 3.10. The Labute approximate surface area is 147 Å². The molecule has 122 valence electrons. The molecule has 4 rings (SSSR count). The number of aryl methyl sites for hydroxylation is 1. The highest BCUT2D eigenvalue weighted by molar-refractivity contribution is 7.16. The maximum absolute atomic E-state index is 5.50. The van der Waals surface area contributed by atoms with Gasteiger partial charge in [-0.25, -0.2) is 0 Å². The summed E-state index contributed by atoms with van der Waals surface area (Å²) in [5.74, 6) is 0. The van der Waals surface area contributed by atoms with Crippen LogP contribution in [0.1, 0.15) is 4.88 Å². The van der Waals surface area contributed by atoms with Crippen molar-refractivity contribution in [2.24, 2.45) is 0 Å². The van der Waals surface area contributed by atoms with Crippen molar-refractivity contribution < 1.29 is 4.74 Å². The fraction of sp³-hybridized carbons (Fsp3) is 0.238. The van der Waals surface area contributed by atoms with Crippen molar-refractivity contribution >= 4 is 16.3 Å². The van der Waals surface area contributed by atoms with Crippen LogP contribution in [0.15, 0.2) is 60.7 Å². The Hall–Kier alpha value is -2.10. The molecule has 0 unspecified atom stereocenters. The van der Waals surface area contributed by atoms with Crippen LogP contribution in [0.25, 0.3) is 22.3 Å². The van der Waals surface area contributed by atoms with Gasteiger partial charge in [-0.15, -0.1) is 11.3 Å². The normalized spacial score (nSPS) is 14.8. The van der Waals surface area contributed by atoms with Gasteiger partial charge in [0.2, 0.25) is 0 Å². The predicted molar refractivity (Wildman–Crippen MR) is 103 cm³/mol. The van der Waals surface area contributed by atoms with Crippen LogP contribution < -0.4 is 4.90 Å². The molecular formula is C21H21NOS. The van der Waals surface area contributed by atoms with E-state index in [0.717, 1.165) is 26.3 Å². The van der Waals surface area contributed by atoms with E-state index in [1.807, 2.05) is 11.3 Å². The standard InChI is InChI=1S/C21H21NOS/c1-16-15-20(21(24-16)22-11-13-23-14-12-22)19-9-7-18(8-10-19)17-5-3-2-4-6-17/h2-10,15H,11-14H2,1H3. The van der Waals surface area contributed by atoms with E-state index in [1.54, 1.807) is 0 Å². The molecule has 2 aromatic carbocycles.